The summed E-state index contributed by atoms with van der Waals surface area (Å²) in [5.74, 6) is -12.3. The van der Waals surface area contributed by atoms with Gasteiger partial charge in [0.2, 0.25) is 11.8 Å². The molecule has 1 saturated carbocycles. The highest BCUT2D eigenvalue weighted by Gasteiger charge is 2.53. The third-order valence-electron chi connectivity index (χ3n) is 8.95. The summed E-state index contributed by atoms with van der Waals surface area (Å²) in [6, 6.07) is 3.82. The molecule has 1 aliphatic carbocycles. The first-order chi connectivity index (χ1) is 23.8. The maximum absolute atomic E-state index is 14.7. The number of rotatable bonds is 10. The monoisotopic (exact) mass is 793 g/mol. The van der Waals surface area contributed by atoms with Gasteiger partial charge >= 0.3 is 24.5 Å². The van der Waals surface area contributed by atoms with Crippen molar-refractivity contribution < 1.29 is 67.1 Å². The average molecular weight is 794 g/mol. The Bertz CT molecular complexity index is 1800. The number of hydrogen-bond donors (Lipinski definition) is 2. The van der Waals surface area contributed by atoms with Crippen molar-refractivity contribution in [2.24, 2.45) is 17.6 Å². The zero-order valence-electron chi connectivity index (χ0n) is 27.4. The van der Waals surface area contributed by atoms with E-state index in [9.17, 15) is 62.3 Å². The number of esters is 1. The molecule has 20 heteroatoms. The normalized spacial score (nSPS) is 21.9. The Morgan fingerprint density at radius 1 is 1.00 bits per heavy atom. The second-order valence-corrected chi connectivity index (χ2v) is 15.6. The number of amides is 2. The van der Waals surface area contributed by atoms with Gasteiger partial charge in [-0.3, -0.25) is 9.59 Å². The number of primary amides is 1. The van der Waals surface area contributed by atoms with Gasteiger partial charge in [0.1, 0.15) is 5.56 Å². The van der Waals surface area contributed by atoms with Crippen molar-refractivity contribution >= 4 is 39.2 Å². The van der Waals surface area contributed by atoms with Crippen molar-refractivity contribution in [1.29, 1.82) is 0 Å². The summed E-state index contributed by atoms with van der Waals surface area (Å²) in [5, 5.41) is 3.59. The van der Waals surface area contributed by atoms with Crippen LogP contribution in [0.5, 0.6) is 5.75 Å². The number of nitrogens with two attached hydrogens (primary N) is 1. The van der Waals surface area contributed by atoms with Crippen molar-refractivity contribution in [1.82, 2.24) is 10.2 Å². The van der Waals surface area contributed by atoms with Crippen molar-refractivity contribution in [2.75, 3.05) is 18.8 Å². The van der Waals surface area contributed by atoms with E-state index >= 15 is 0 Å². The van der Waals surface area contributed by atoms with Crippen LogP contribution in [-0.4, -0.2) is 68.2 Å². The van der Waals surface area contributed by atoms with Gasteiger partial charge < -0.3 is 20.7 Å². The molecule has 288 valence electrons. The van der Waals surface area contributed by atoms with Crippen LogP contribution in [0.3, 0.4) is 0 Å². The molecule has 0 spiro atoms. The number of carbonyl (C=O) groups is 3. The summed E-state index contributed by atoms with van der Waals surface area (Å²) >= 11 is 5.90. The quantitative estimate of drug-likeness (QED) is 0.159. The number of carbonyl (C=O) groups excluding carboxylic acids is 3. The molecule has 0 unspecified atom stereocenters. The van der Waals surface area contributed by atoms with Crippen LogP contribution in [0.4, 0.5) is 39.5 Å². The van der Waals surface area contributed by atoms with Crippen LogP contribution in [0.2, 0.25) is 5.02 Å². The number of hydrogen-bond acceptors (Lipinski definition) is 7. The van der Waals surface area contributed by atoms with Gasteiger partial charge in [-0.05, 0) is 80.0 Å². The number of alkyl halides is 9. The maximum atomic E-state index is 14.7. The molecular weight excluding hydrogens is 761 g/mol. The fraction of sp³-hybridized carbons (Fsp3) is 0.531. The first kappa shape index (κ1) is 41.2. The van der Waals surface area contributed by atoms with Gasteiger partial charge in [0, 0.05) is 29.2 Å². The second-order valence-electron chi connectivity index (χ2n) is 13.1. The van der Waals surface area contributed by atoms with E-state index < -0.39 is 104 Å². The standard InChI is InChI=1S/C32H33ClF9N3O6S/c1-15(2)13-44-18-5-8-23(16(11-18)14-52(49,50)19-6-3-17(33)4-7-19)45-10-9-20(28(45)47)24-21(27(43)46)12-22(30(34,35)36)26(25(24)31(37,38)39)51-29(48)32(40,41)42/h3-4,6-7,12,15-16,18,20,23,44H,5,8-11,13-14H2,1-2H3,(H2,43,46)/t16-,18+,20-,23-/m0/s1. The number of likely N-dealkylation sites (tertiary alicyclic amines) is 1. The highest BCUT2D eigenvalue weighted by atomic mass is 35.5. The minimum atomic E-state index is -6.04. The molecule has 0 bridgehead atoms. The third-order valence-corrected chi connectivity index (χ3v) is 11.1. The summed E-state index contributed by atoms with van der Waals surface area (Å²) in [5.41, 5.74) is -2.93. The van der Waals surface area contributed by atoms with Crippen LogP contribution in [0.15, 0.2) is 35.2 Å². The molecular formula is C32H33ClF9N3O6S. The molecule has 1 heterocycles. The van der Waals surface area contributed by atoms with Gasteiger partial charge in [-0.25, -0.2) is 13.2 Å². The Balaban J connectivity index is 1.82. The molecule has 52 heavy (non-hydrogen) atoms. The number of nitrogens with one attached hydrogen (secondary N) is 1. The molecule has 2 amide bonds. The lowest BCUT2D eigenvalue weighted by Gasteiger charge is -2.41. The van der Waals surface area contributed by atoms with Gasteiger partial charge in [-0.1, -0.05) is 25.4 Å². The Hall–Kier alpha value is -3.58. The third kappa shape index (κ3) is 9.13. The van der Waals surface area contributed by atoms with Crippen LogP contribution in [0, 0.1) is 11.8 Å². The van der Waals surface area contributed by atoms with E-state index in [1.807, 2.05) is 13.8 Å². The summed E-state index contributed by atoms with van der Waals surface area (Å²) < 4.78 is 156. The van der Waals surface area contributed by atoms with E-state index in [4.69, 9.17) is 17.3 Å². The first-order valence-corrected chi connectivity index (χ1v) is 17.8. The van der Waals surface area contributed by atoms with Crippen LogP contribution >= 0.6 is 11.6 Å². The van der Waals surface area contributed by atoms with Crippen molar-refractivity contribution in [3.63, 3.8) is 0 Å². The van der Waals surface area contributed by atoms with Gasteiger partial charge in [-0.15, -0.1) is 0 Å². The van der Waals surface area contributed by atoms with Crippen molar-refractivity contribution in [3.8, 4) is 5.75 Å². The molecule has 4 atom stereocenters. The van der Waals surface area contributed by atoms with E-state index in [1.54, 1.807) is 0 Å². The Labute approximate surface area is 296 Å². The molecule has 0 radical (unpaired) electrons. The predicted octanol–water partition coefficient (Wildman–Crippen LogP) is 6.52. The molecule has 1 saturated heterocycles. The van der Waals surface area contributed by atoms with Gasteiger partial charge in [0.05, 0.1) is 22.1 Å². The summed E-state index contributed by atoms with van der Waals surface area (Å²) in [4.78, 5) is 39.1. The van der Waals surface area contributed by atoms with E-state index in [0.29, 0.717) is 13.0 Å². The lowest BCUT2D eigenvalue weighted by molar-refractivity contribution is -0.191. The Morgan fingerprint density at radius 3 is 2.13 bits per heavy atom. The Morgan fingerprint density at radius 2 is 1.62 bits per heavy atom. The number of nitrogens with zero attached hydrogens (tertiary/aromatic N) is 1. The van der Waals surface area contributed by atoms with Gasteiger partial charge in [-0.2, -0.15) is 39.5 Å². The first-order valence-electron chi connectivity index (χ1n) is 15.8. The lowest BCUT2D eigenvalue weighted by atomic mass is 9.81. The highest BCUT2D eigenvalue weighted by molar-refractivity contribution is 7.91. The van der Waals surface area contributed by atoms with Crippen LogP contribution in [-0.2, 0) is 31.8 Å². The summed E-state index contributed by atoms with van der Waals surface area (Å²) in [7, 11) is -4.05. The lowest BCUT2D eigenvalue weighted by Crippen LogP contribution is -2.51. The smallest absolute Gasteiger partial charge is 0.419 e. The zero-order chi connectivity index (χ0) is 39.1. The average Bonchev–Trinajstić information content (AvgIpc) is 3.38. The molecule has 0 aromatic heterocycles. The van der Waals surface area contributed by atoms with E-state index in [-0.39, 0.29) is 47.3 Å². The van der Waals surface area contributed by atoms with Gasteiger partial charge in [0.25, 0.3) is 0 Å². The molecule has 2 aromatic carbocycles. The Kier molecular flexibility index (Phi) is 11.9. The largest absolute Gasteiger partial charge is 0.491 e. The minimum absolute atomic E-state index is 0.0925. The molecule has 2 aromatic rings. The van der Waals surface area contributed by atoms with Crippen LogP contribution in [0.1, 0.15) is 72.5 Å². The van der Waals surface area contributed by atoms with E-state index in [2.05, 4.69) is 10.1 Å². The zero-order valence-corrected chi connectivity index (χ0v) is 29.0. The van der Waals surface area contributed by atoms with Crippen LogP contribution < -0.4 is 15.8 Å². The number of ether oxygens (including phenoxy) is 1. The predicted molar refractivity (Wildman–Crippen MR) is 167 cm³/mol. The van der Waals surface area contributed by atoms with Crippen LogP contribution in [0.25, 0.3) is 0 Å². The second kappa shape index (κ2) is 15.0. The molecule has 9 nitrogen and oxygen atoms in total. The fourth-order valence-corrected chi connectivity index (χ4v) is 8.53. The topological polar surface area (TPSA) is 136 Å². The van der Waals surface area contributed by atoms with Gasteiger partial charge in [0.15, 0.2) is 15.6 Å². The number of sulfone groups is 1. The number of benzene rings is 2. The molecule has 1 aliphatic heterocycles. The molecule has 4 rings (SSSR count). The summed E-state index contributed by atoms with van der Waals surface area (Å²) in [6.07, 6.45) is -17.8. The maximum Gasteiger partial charge on any atom is 0.491 e. The van der Waals surface area contributed by atoms with Crippen molar-refractivity contribution in [2.45, 2.75) is 81.0 Å². The fourth-order valence-electron chi connectivity index (χ4n) is 6.74. The number of halogens is 10. The SMILES string of the molecule is CC(C)CN[C@@H]1CC[C@H](N2CC[C@@H](c3c(C(N)=O)cc(C(F)(F)F)c(OC(=O)C(F)(F)F)c3C(F)(F)F)C2=O)[C@H](CS(=O)(=O)c2ccc(Cl)cc2)C1. The molecule has 2 fully saturated rings. The highest BCUT2D eigenvalue weighted by Crippen LogP contribution is 2.51. The minimum Gasteiger partial charge on any atom is -0.419 e. The summed E-state index contributed by atoms with van der Waals surface area (Å²) in [6.45, 7) is 4.07. The van der Waals surface area contributed by atoms with Crippen molar-refractivity contribution in [3.05, 3.63) is 57.6 Å². The van der Waals surface area contributed by atoms with E-state index in [1.165, 1.54) is 24.3 Å². The molecule has 3 N–H and O–H groups in total. The van der Waals surface area contributed by atoms with E-state index in [0.717, 1.165) is 4.90 Å². The molecule has 2 aliphatic rings.